The highest BCUT2D eigenvalue weighted by atomic mass is 16.7. The Balaban J connectivity index is 2.33. The fraction of sp³-hybridized carbons (Fsp3) is 0.133. The van der Waals surface area contributed by atoms with Crippen LogP contribution in [0.1, 0.15) is 11.7 Å². The molecule has 1 atom stereocenters. The van der Waals surface area contributed by atoms with Crippen molar-refractivity contribution in [2.75, 3.05) is 7.11 Å². The van der Waals surface area contributed by atoms with Gasteiger partial charge in [0.1, 0.15) is 6.10 Å². The van der Waals surface area contributed by atoms with E-state index in [-0.39, 0.29) is 0 Å². The summed E-state index contributed by atoms with van der Waals surface area (Å²) in [5.74, 6) is 0. The third-order valence-electron chi connectivity index (χ3n) is 2.71. The van der Waals surface area contributed by atoms with Crippen LogP contribution in [0.4, 0.5) is 4.79 Å². The Bertz CT molecular complexity index is 575. The maximum atomic E-state index is 11.1. The molecule has 92 valence electrons. The van der Waals surface area contributed by atoms with Gasteiger partial charge in [-0.05, 0) is 28.5 Å². The van der Waals surface area contributed by atoms with Gasteiger partial charge in [-0.25, -0.2) is 4.79 Å². The highest BCUT2D eigenvalue weighted by molar-refractivity contribution is 5.83. The first-order valence-corrected chi connectivity index (χ1v) is 5.60. The van der Waals surface area contributed by atoms with Crippen molar-refractivity contribution < 1.29 is 14.3 Å². The monoisotopic (exact) mass is 242 g/mol. The largest absolute Gasteiger partial charge is 0.508 e. The lowest BCUT2D eigenvalue weighted by atomic mass is 10.0. The Hall–Kier alpha value is -2.29. The summed E-state index contributed by atoms with van der Waals surface area (Å²) >= 11 is 0. The molecule has 0 fully saturated rings. The van der Waals surface area contributed by atoms with Crippen LogP contribution in [0.5, 0.6) is 0 Å². The van der Waals surface area contributed by atoms with Crippen LogP contribution in [0.15, 0.2) is 55.1 Å². The zero-order chi connectivity index (χ0) is 13.0. The summed E-state index contributed by atoms with van der Waals surface area (Å²) in [4.78, 5) is 11.1. The molecule has 0 aliphatic rings. The van der Waals surface area contributed by atoms with Gasteiger partial charge in [-0.1, -0.05) is 43.0 Å². The minimum absolute atomic E-state index is 0.498. The molecule has 1 unspecified atom stereocenters. The van der Waals surface area contributed by atoms with E-state index in [0.29, 0.717) is 0 Å². The lowest BCUT2D eigenvalue weighted by molar-refractivity contribution is 0.0523. The molecule has 3 nitrogen and oxygen atoms in total. The van der Waals surface area contributed by atoms with Crippen molar-refractivity contribution in [3.05, 3.63) is 60.7 Å². The van der Waals surface area contributed by atoms with E-state index in [4.69, 9.17) is 4.74 Å². The molecule has 0 heterocycles. The summed E-state index contributed by atoms with van der Waals surface area (Å²) in [7, 11) is 1.28. The van der Waals surface area contributed by atoms with E-state index in [2.05, 4.69) is 11.3 Å². The Morgan fingerprint density at radius 1 is 1.22 bits per heavy atom. The summed E-state index contributed by atoms with van der Waals surface area (Å²) in [6.45, 7) is 3.67. The maximum Gasteiger partial charge on any atom is 0.508 e. The van der Waals surface area contributed by atoms with Gasteiger partial charge in [0.05, 0.1) is 7.11 Å². The fourth-order valence-electron chi connectivity index (χ4n) is 1.79. The molecular weight excluding hydrogens is 228 g/mol. The molecule has 2 rings (SSSR count). The molecule has 0 aliphatic heterocycles. The smallest absolute Gasteiger partial charge is 0.438 e. The molecule has 2 aromatic rings. The minimum atomic E-state index is -0.715. The quantitative estimate of drug-likeness (QED) is 0.605. The van der Waals surface area contributed by atoms with Gasteiger partial charge in [0, 0.05) is 0 Å². The molecule has 2 aromatic carbocycles. The van der Waals surface area contributed by atoms with Gasteiger partial charge in [0.15, 0.2) is 0 Å². The number of hydrogen-bond donors (Lipinski definition) is 0. The molecule has 0 bridgehead atoms. The number of ether oxygens (including phenoxy) is 2. The second-order valence-corrected chi connectivity index (χ2v) is 3.83. The third kappa shape index (κ3) is 2.51. The molecule has 0 saturated carbocycles. The summed E-state index contributed by atoms with van der Waals surface area (Å²) < 4.78 is 9.59. The molecule has 0 radical (unpaired) electrons. The lowest BCUT2D eigenvalue weighted by Gasteiger charge is -2.13. The molecule has 0 N–H and O–H groups in total. The SMILES string of the molecule is C=CC(OC(=O)OC)c1ccc2ccccc2c1. The van der Waals surface area contributed by atoms with Crippen LogP contribution >= 0.6 is 0 Å². The first-order chi connectivity index (χ1) is 8.74. The zero-order valence-electron chi connectivity index (χ0n) is 10.1. The Labute approximate surface area is 106 Å². The van der Waals surface area contributed by atoms with Gasteiger partial charge in [-0.3, -0.25) is 0 Å². The number of carbonyl (C=O) groups excluding carboxylic acids is 1. The molecule has 0 amide bonds. The average Bonchev–Trinajstić information content (AvgIpc) is 2.44. The van der Waals surface area contributed by atoms with Gasteiger partial charge in [-0.2, -0.15) is 0 Å². The normalized spacial score (nSPS) is 11.8. The molecular formula is C15H14O3. The van der Waals surface area contributed by atoms with Gasteiger partial charge >= 0.3 is 6.16 Å². The van der Waals surface area contributed by atoms with E-state index in [9.17, 15) is 4.79 Å². The van der Waals surface area contributed by atoms with Crippen molar-refractivity contribution in [3.63, 3.8) is 0 Å². The first kappa shape index (κ1) is 12.2. The standard InChI is InChI=1S/C15H14O3/c1-3-14(18-15(16)17-2)13-9-8-11-6-4-5-7-12(11)10-13/h3-10,14H,1H2,2H3. The van der Waals surface area contributed by atoms with E-state index in [1.165, 1.54) is 7.11 Å². The number of methoxy groups -OCH3 is 1. The predicted molar refractivity (Wildman–Crippen MR) is 70.4 cm³/mol. The van der Waals surface area contributed by atoms with E-state index in [1.807, 2.05) is 42.5 Å². The summed E-state index contributed by atoms with van der Waals surface area (Å²) in [6, 6.07) is 13.9. The highest BCUT2D eigenvalue weighted by Gasteiger charge is 2.13. The summed E-state index contributed by atoms with van der Waals surface area (Å²) in [5.41, 5.74) is 0.870. The van der Waals surface area contributed by atoms with Crippen LogP contribution in [-0.2, 0) is 9.47 Å². The third-order valence-corrected chi connectivity index (χ3v) is 2.71. The molecule has 0 spiro atoms. The van der Waals surface area contributed by atoms with Gasteiger partial charge in [0.2, 0.25) is 0 Å². The van der Waals surface area contributed by atoms with Crippen molar-refractivity contribution >= 4 is 16.9 Å². The molecule has 18 heavy (non-hydrogen) atoms. The topological polar surface area (TPSA) is 35.5 Å². The average molecular weight is 242 g/mol. The Kier molecular flexibility index (Phi) is 3.63. The summed E-state index contributed by atoms with van der Waals surface area (Å²) in [5, 5.41) is 2.23. The number of benzene rings is 2. The van der Waals surface area contributed by atoms with Crippen molar-refractivity contribution in [3.8, 4) is 0 Å². The molecule has 0 saturated heterocycles. The number of fused-ring (bicyclic) bond motifs is 1. The number of carbonyl (C=O) groups is 1. The van der Waals surface area contributed by atoms with Gasteiger partial charge < -0.3 is 9.47 Å². The van der Waals surface area contributed by atoms with Crippen molar-refractivity contribution in [2.24, 2.45) is 0 Å². The van der Waals surface area contributed by atoms with Crippen LogP contribution in [0, 0.1) is 0 Å². The fourth-order valence-corrected chi connectivity index (χ4v) is 1.79. The van der Waals surface area contributed by atoms with Gasteiger partial charge in [0.25, 0.3) is 0 Å². The van der Waals surface area contributed by atoms with Crippen LogP contribution in [0.2, 0.25) is 0 Å². The Morgan fingerprint density at radius 2 is 1.94 bits per heavy atom. The molecule has 3 heteroatoms. The van der Waals surface area contributed by atoms with Gasteiger partial charge in [-0.15, -0.1) is 0 Å². The van der Waals surface area contributed by atoms with Crippen LogP contribution in [0.3, 0.4) is 0 Å². The van der Waals surface area contributed by atoms with E-state index >= 15 is 0 Å². The first-order valence-electron chi connectivity index (χ1n) is 5.60. The highest BCUT2D eigenvalue weighted by Crippen LogP contribution is 2.23. The van der Waals surface area contributed by atoms with E-state index in [0.717, 1.165) is 16.3 Å². The molecule has 0 aliphatic carbocycles. The zero-order valence-corrected chi connectivity index (χ0v) is 10.1. The predicted octanol–water partition coefficient (Wildman–Crippen LogP) is 3.85. The lowest BCUT2D eigenvalue weighted by Crippen LogP contribution is -2.09. The maximum absolute atomic E-state index is 11.1. The van der Waals surface area contributed by atoms with Crippen molar-refractivity contribution in [2.45, 2.75) is 6.10 Å². The van der Waals surface area contributed by atoms with Crippen LogP contribution in [0.25, 0.3) is 10.8 Å². The second-order valence-electron chi connectivity index (χ2n) is 3.83. The minimum Gasteiger partial charge on any atom is -0.438 e. The van der Waals surface area contributed by atoms with E-state index < -0.39 is 12.3 Å². The van der Waals surface area contributed by atoms with Crippen molar-refractivity contribution in [1.29, 1.82) is 0 Å². The van der Waals surface area contributed by atoms with Crippen molar-refractivity contribution in [1.82, 2.24) is 0 Å². The molecule has 0 aromatic heterocycles. The number of rotatable bonds is 3. The van der Waals surface area contributed by atoms with Crippen LogP contribution < -0.4 is 0 Å². The number of hydrogen-bond acceptors (Lipinski definition) is 3. The Morgan fingerprint density at radius 3 is 2.61 bits per heavy atom. The van der Waals surface area contributed by atoms with Crippen LogP contribution in [-0.4, -0.2) is 13.3 Å². The summed E-state index contributed by atoms with van der Waals surface area (Å²) in [6.07, 6.45) is 0.358. The second kappa shape index (κ2) is 5.36. The van der Waals surface area contributed by atoms with E-state index in [1.54, 1.807) is 6.08 Å².